The molecule has 0 saturated carbocycles. The Morgan fingerprint density at radius 2 is 2.10 bits per heavy atom. The maximum absolute atomic E-state index is 13.9. The van der Waals surface area contributed by atoms with Gasteiger partial charge in [-0.25, -0.2) is 9.18 Å². The van der Waals surface area contributed by atoms with E-state index in [0.717, 1.165) is 6.07 Å². The molecule has 0 radical (unpaired) electrons. The second kappa shape index (κ2) is 7.43. The summed E-state index contributed by atoms with van der Waals surface area (Å²) < 4.78 is 18.8. The Labute approximate surface area is 122 Å². The Morgan fingerprint density at radius 1 is 1.45 bits per heavy atom. The highest BCUT2D eigenvalue weighted by Crippen LogP contribution is 2.36. The number of ketones is 1. The summed E-state index contributed by atoms with van der Waals surface area (Å²) in [5.74, 6) is -0.621. The fourth-order valence-corrected chi connectivity index (χ4v) is 3.09. The number of hydrogen-bond acceptors (Lipinski definition) is 4. The number of benzene rings is 1. The van der Waals surface area contributed by atoms with Gasteiger partial charge in [-0.1, -0.05) is 13.8 Å². The molecule has 1 aliphatic rings. The maximum Gasteiger partial charge on any atom is 0.338 e. The summed E-state index contributed by atoms with van der Waals surface area (Å²) >= 11 is 1.32. The first-order valence-corrected chi connectivity index (χ1v) is 7.71. The number of fused-ring (bicyclic) bond motifs is 1. The number of halogens is 1. The molecule has 0 aromatic heterocycles. The van der Waals surface area contributed by atoms with Gasteiger partial charge in [0.1, 0.15) is 5.82 Å². The Balaban J connectivity index is 0.000000956. The highest BCUT2D eigenvalue weighted by Gasteiger charge is 2.27. The van der Waals surface area contributed by atoms with Crippen molar-refractivity contribution in [2.24, 2.45) is 0 Å². The van der Waals surface area contributed by atoms with E-state index in [2.05, 4.69) is 0 Å². The van der Waals surface area contributed by atoms with Crippen LogP contribution in [0.4, 0.5) is 4.39 Å². The molecule has 0 atom stereocenters. The summed E-state index contributed by atoms with van der Waals surface area (Å²) in [7, 11) is 0. The van der Waals surface area contributed by atoms with Crippen LogP contribution in [0.2, 0.25) is 0 Å². The molecule has 2 rings (SSSR count). The largest absolute Gasteiger partial charge is 0.462 e. The summed E-state index contributed by atoms with van der Waals surface area (Å²) in [5.41, 5.74) is 1.00. The molecule has 0 saturated heterocycles. The van der Waals surface area contributed by atoms with Gasteiger partial charge >= 0.3 is 5.97 Å². The molecule has 1 aromatic carbocycles. The number of carbonyl (C=O) groups is 2. The van der Waals surface area contributed by atoms with Crippen LogP contribution >= 0.6 is 11.8 Å². The summed E-state index contributed by atoms with van der Waals surface area (Å²) in [4.78, 5) is 23.9. The summed E-state index contributed by atoms with van der Waals surface area (Å²) in [6, 6.07) is 1.16. The second-order valence-electron chi connectivity index (χ2n) is 3.98. The Kier molecular flexibility index (Phi) is 6.20. The average Bonchev–Trinajstić information content (AvgIpc) is 2.45. The monoisotopic (exact) mass is 298 g/mol. The SMILES string of the molecule is CC.CCOC(=O)c1cc(F)c2c(c1C)C(=O)CCS2. The molecule has 0 aliphatic carbocycles. The van der Waals surface area contributed by atoms with Crippen molar-refractivity contribution < 1.29 is 18.7 Å². The topological polar surface area (TPSA) is 43.4 Å². The van der Waals surface area contributed by atoms with Crippen LogP contribution in [0.1, 0.15) is 53.5 Å². The molecule has 1 aliphatic heterocycles. The Morgan fingerprint density at radius 3 is 2.70 bits per heavy atom. The number of thioether (sulfide) groups is 1. The van der Waals surface area contributed by atoms with Crippen LogP contribution in [0.25, 0.3) is 0 Å². The number of carbonyl (C=O) groups excluding carboxylic acids is 2. The Bertz CT molecular complexity index is 526. The lowest BCUT2D eigenvalue weighted by Gasteiger charge is -2.19. The van der Waals surface area contributed by atoms with Crippen molar-refractivity contribution in [1.29, 1.82) is 0 Å². The van der Waals surface area contributed by atoms with E-state index in [1.807, 2.05) is 13.8 Å². The van der Waals surface area contributed by atoms with E-state index in [-0.39, 0.29) is 18.0 Å². The van der Waals surface area contributed by atoms with Crippen molar-refractivity contribution in [1.82, 2.24) is 0 Å². The molecule has 0 unspecified atom stereocenters. The molecule has 0 fully saturated rings. The van der Waals surface area contributed by atoms with E-state index in [0.29, 0.717) is 28.2 Å². The quantitative estimate of drug-likeness (QED) is 0.774. The van der Waals surface area contributed by atoms with Gasteiger partial charge in [0.25, 0.3) is 0 Å². The van der Waals surface area contributed by atoms with Gasteiger partial charge in [-0.3, -0.25) is 4.79 Å². The first-order chi connectivity index (χ1) is 9.56. The van der Waals surface area contributed by atoms with Crippen molar-refractivity contribution in [3.63, 3.8) is 0 Å². The zero-order valence-corrected chi connectivity index (χ0v) is 13.0. The van der Waals surface area contributed by atoms with Crippen LogP contribution in [0, 0.1) is 12.7 Å². The molecule has 0 N–H and O–H groups in total. The van der Waals surface area contributed by atoms with E-state index < -0.39 is 11.8 Å². The van der Waals surface area contributed by atoms with Crippen LogP contribution in [0.5, 0.6) is 0 Å². The van der Waals surface area contributed by atoms with Crippen LogP contribution in [0.15, 0.2) is 11.0 Å². The molecule has 0 spiro atoms. The third-order valence-corrected chi connectivity index (χ3v) is 3.94. The molecular formula is C15H19FO3S. The summed E-state index contributed by atoms with van der Waals surface area (Å²) in [6.45, 7) is 7.57. The fourth-order valence-electron chi connectivity index (χ4n) is 1.99. The van der Waals surface area contributed by atoms with E-state index in [4.69, 9.17) is 4.74 Å². The van der Waals surface area contributed by atoms with Crippen LogP contribution in [0.3, 0.4) is 0 Å². The molecule has 1 heterocycles. The van der Waals surface area contributed by atoms with Gasteiger partial charge in [-0.2, -0.15) is 0 Å². The van der Waals surface area contributed by atoms with Gasteiger partial charge in [0.15, 0.2) is 5.78 Å². The number of esters is 1. The van der Waals surface area contributed by atoms with Gasteiger partial charge in [-0.05, 0) is 25.5 Å². The molecule has 1 aromatic rings. The molecule has 0 amide bonds. The number of Topliss-reactive ketones (excluding diaryl/α,β-unsaturated/α-hetero) is 1. The van der Waals surface area contributed by atoms with Crippen molar-refractivity contribution >= 4 is 23.5 Å². The van der Waals surface area contributed by atoms with Gasteiger partial charge in [0.2, 0.25) is 0 Å². The molecular weight excluding hydrogens is 279 g/mol. The predicted molar refractivity (Wildman–Crippen MR) is 78.1 cm³/mol. The predicted octanol–water partition coefficient (Wildman–Crippen LogP) is 4.02. The first-order valence-electron chi connectivity index (χ1n) is 6.72. The third-order valence-electron chi connectivity index (χ3n) is 2.84. The van der Waals surface area contributed by atoms with Crippen LogP contribution in [-0.2, 0) is 4.74 Å². The van der Waals surface area contributed by atoms with E-state index in [1.165, 1.54) is 11.8 Å². The van der Waals surface area contributed by atoms with Crippen molar-refractivity contribution in [2.75, 3.05) is 12.4 Å². The minimum absolute atomic E-state index is 0.105. The normalized spacial score (nSPS) is 13.2. The number of ether oxygens (including phenoxy) is 1. The molecule has 5 heteroatoms. The lowest BCUT2D eigenvalue weighted by molar-refractivity contribution is 0.0524. The smallest absolute Gasteiger partial charge is 0.338 e. The first kappa shape index (κ1) is 16.7. The molecule has 110 valence electrons. The average molecular weight is 298 g/mol. The minimum Gasteiger partial charge on any atom is -0.462 e. The lowest BCUT2D eigenvalue weighted by atomic mass is 9.97. The Hall–Kier alpha value is -1.36. The van der Waals surface area contributed by atoms with Crippen LogP contribution < -0.4 is 0 Å². The van der Waals surface area contributed by atoms with Gasteiger partial charge in [0, 0.05) is 17.7 Å². The molecule has 20 heavy (non-hydrogen) atoms. The molecule has 3 nitrogen and oxygen atoms in total. The minimum atomic E-state index is -0.583. The van der Waals surface area contributed by atoms with Gasteiger partial charge < -0.3 is 4.74 Å². The lowest BCUT2D eigenvalue weighted by Crippen LogP contribution is -2.16. The van der Waals surface area contributed by atoms with Crippen molar-refractivity contribution in [3.8, 4) is 0 Å². The summed E-state index contributed by atoms with van der Waals surface area (Å²) in [5, 5.41) is 0. The zero-order valence-electron chi connectivity index (χ0n) is 12.2. The van der Waals surface area contributed by atoms with Crippen molar-refractivity contribution in [3.05, 3.63) is 28.6 Å². The summed E-state index contributed by atoms with van der Waals surface area (Å²) in [6.07, 6.45) is 0.379. The van der Waals surface area contributed by atoms with Crippen molar-refractivity contribution in [2.45, 2.75) is 39.0 Å². The zero-order chi connectivity index (χ0) is 15.3. The highest BCUT2D eigenvalue weighted by molar-refractivity contribution is 7.99. The van der Waals surface area contributed by atoms with Crippen LogP contribution in [-0.4, -0.2) is 24.1 Å². The maximum atomic E-state index is 13.9. The van der Waals surface area contributed by atoms with Gasteiger partial charge in [-0.15, -0.1) is 11.8 Å². The molecule has 0 bridgehead atoms. The third kappa shape index (κ3) is 3.20. The van der Waals surface area contributed by atoms with Gasteiger partial charge in [0.05, 0.1) is 17.1 Å². The van der Waals surface area contributed by atoms with E-state index in [9.17, 15) is 14.0 Å². The van der Waals surface area contributed by atoms with E-state index >= 15 is 0 Å². The number of rotatable bonds is 2. The standard InChI is InChI=1S/C13H13FO3S.C2H6/c1-3-17-13(16)8-6-9(14)12-11(7(8)2)10(15)4-5-18-12;1-2/h6H,3-5H2,1-2H3;1-2H3. The second-order valence-corrected chi connectivity index (χ2v) is 5.08. The highest BCUT2D eigenvalue weighted by atomic mass is 32.2. The van der Waals surface area contributed by atoms with E-state index in [1.54, 1.807) is 13.8 Å². The fraction of sp³-hybridized carbons (Fsp3) is 0.467. The number of hydrogen-bond donors (Lipinski definition) is 0.